The fourth-order valence-corrected chi connectivity index (χ4v) is 4.60. The Hall–Kier alpha value is -3.64. The third-order valence-corrected chi connectivity index (χ3v) is 7.12. The summed E-state index contributed by atoms with van der Waals surface area (Å²) < 4.78 is 26.8. The predicted octanol–water partition coefficient (Wildman–Crippen LogP) is 4.03. The average Bonchev–Trinajstić information content (AvgIpc) is 3.21. The number of hydrogen-bond donors (Lipinski definition) is 3. The standard InChI is InChI=1S/C22H23N7O3S2/c1-4-23-21(30)28-22-27-18-9-14(15-11-25-20(26-12-15)29-34(31,32)5-2)8-16(19(18)33-22)17-7-6-13(3)10-24-17/h6-12H,4-5H2,1-3H3,(H,25,26,29)(H2,23,27,28,30). The predicted molar refractivity (Wildman–Crippen MR) is 134 cm³/mol. The lowest BCUT2D eigenvalue weighted by atomic mass is 10.0. The van der Waals surface area contributed by atoms with Crippen molar-refractivity contribution in [2.24, 2.45) is 0 Å². The Bertz CT molecular complexity index is 1430. The Balaban J connectivity index is 1.78. The Kier molecular flexibility index (Phi) is 6.70. The third kappa shape index (κ3) is 5.29. The summed E-state index contributed by atoms with van der Waals surface area (Å²) in [4.78, 5) is 29.4. The zero-order valence-corrected chi connectivity index (χ0v) is 20.4. The number of carbonyl (C=O) groups is 1. The van der Waals surface area contributed by atoms with E-state index < -0.39 is 10.0 Å². The van der Waals surface area contributed by atoms with Crippen LogP contribution in [0.1, 0.15) is 19.4 Å². The minimum absolute atomic E-state index is 0.00850. The summed E-state index contributed by atoms with van der Waals surface area (Å²) >= 11 is 1.36. The molecule has 1 aromatic carbocycles. The molecule has 0 aliphatic carbocycles. The number of hydrogen-bond acceptors (Lipinski definition) is 8. The summed E-state index contributed by atoms with van der Waals surface area (Å²) in [6.07, 6.45) is 4.89. The van der Waals surface area contributed by atoms with E-state index in [-0.39, 0.29) is 17.7 Å². The van der Waals surface area contributed by atoms with Gasteiger partial charge in [0, 0.05) is 36.3 Å². The van der Waals surface area contributed by atoms with Crippen molar-refractivity contribution < 1.29 is 13.2 Å². The van der Waals surface area contributed by atoms with Gasteiger partial charge in [-0.2, -0.15) is 0 Å². The van der Waals surface area contributed by atoms with Gasteiger partial charge in [0.2, 0.25) is 16.0 Å². The Morgan fingerprint density at radius 1 is 1.03 bits per heavy atom. The second-order valence-corrected chi connectivity index (χ2v) is 10.4. The van der Waals surface area contributed by atoms with Crippen LogP contribution in [0.15, 0.2) is 42.9 Å². The summed E-state index contributed by atoms with van der Waals surface area (Å²) in [6.45, 7) is 5.85. The highest BCUT2D eigenvalue weighted by Gasteiger charge is 2.16. The number of sulfonamides is 1. The molecule has 3 heterocycles. The number of aryl methyl sites for hydroxylation is 1. The first-order valence-electron chi connectivity index (χ1n) is 10.5. The van der Waals surface area contributed by atoms with E-state index in [0.717, 1.165) is 27.1 Å². The van der Waals surface area contributed by atoms with E-state index >= 15 is 0 Å². The molecule has 0 atom stereocenters. The molecule has 2 amide bonds. The number of urea groups is 1. The molecule has 0 radical (unpaired) electrons. The lowest BCUT2D eigenvalue weighted by Gasteiger charge is -2.08. The highest BCUT2D eigenvalue weighted by Crippen LogP contribution is 2.38. The second-order valence-electron chi connectivity index (χ2n) is 7.40. The summed E-state index contributed by atoms with van der Waals surface area (Å²) in [5.74, 6) is -0.0628. The first-order valence-corrected chi connectivity index (χ1v) is 13.0. The molecule has 34 heavy (non-hydrogen) atoms. The van der Waals surface area contributed by atoms with Gasteiger partial charge in [-0.05, 0) is 50.1 Å². The fourth-order valence-electron chi connectivity index (χ4n) is 3.11. The van der Waals surface area contributed by atoms with Crippen LogP contribution in [-0.2, 0) is 10.0 Å². The number of carbonyl (C=O) groups excluding carboxylic acids is 1. The molecule has 4 rings (SSSR count). The highest BCUT2D eigenvalue weighted by molar-refractivity contribution is 7.92. The van der Waals surface area contributed by atoms with Gasteiger partial charge in [-0.1, -0.05) is 17.4 Å². The number of nitrogens with one attached hydrogen (secondary N) is 3. The summed E-state index contributed by atoms with van der Waals surface area (Å²) in [7, 11) is -3.47. The van der Waals surface area contributed by atoms with Crippen LogP contribution in [0.5, 0.6) is 0 Å². The number of rotatable bonds is 7. The monoisotopic (exact) mass is 497 g/mol. The van der Waals surface area contributed by atoms with Crippen molar-refractivity contribution in [3.63, 3.8) is 0 Å². The largest absolute Gasteiger partial charge is 0.338 e. The number of amides is 2. The SMILES string of the molecule is CCNC(=O)Nc1nc2cc(-c3cnc(NS(=O)(=O)CC)nc3)cc(-c3ccc(C)cn3)c2s1. The molecular formula is C22H23N7O3S2. The van der Waals surface area contributed by atoms with Crippen LogP contribution in [0.4, 0.5) is 15.9 Å². The molecule has 3 aromatic heterocycles. The molecule has 176 valence electrons. The van der Waals surface area contributed by atoms with Gasteiger partial charge < -0.3 is 5.32 Å². The van der Waals surface area contributed by atoms with E-state index in [4.69, 9.17) is 0 Å². The van der Waals surface area contributed by atoms with E-state index in [1.165, 1.54) is 18.3 Å². The van der Waals surface area contributed by atoms with Crippen molar-refractivity contribution in [3.8, 4) is 22.4 Å². The molecule has 4 aromatic rings. The number of benzene rings is 1. The quantitative estimate of drug-likeness (QED) is 0.350. The number of pyridine rings is 1. The smallest absolute Gasteiger partial charge is 0.321 e. The van der Waals surface area contributed by atoms with Gasteiger partial charge in [0.25, 0.3) is 0 Å². The van der Waals surface area contributed by atoms with E-state index in [1.807, 2.05) is 38.1 Å². The lowest BCUT2D eigenvalue weighted by Crippen LogP contribution is -2.28. The van der Waals surface area contributed by atoms with Crippen molar-refractivity contribution in [1.82, 2.24) is 25.3 Å². The van der Waals surface area contributed by atoms with Crippen molar-refractivity contribution in [2.45, 2.75) is 20.8 Å². The number of anilines is 2. The fraction of sp³-hybridized carbons (Fsp3) is 0.227. The van der Waals surface area contributed by atoms with E-state index in [0.29, 0.717) is 22.8 Å². The number of aromatic nitrogens is 4. The van der Waals surface area contributed by atoms with Crippen LogP contribution in [0.2, 0.25) is 0 Å². The van der Waals surface area contributed by atoms with Gasteiger partial charge in [0.15, 0.2) is 5.13 Å². The first kappa shape index (κ1) is 23.5. The molecule has 0 unspecified atom stereocenters. The summed E-state index contributed by atoms with van der Waals surface area (Å²) in [6, 6.07) is 7.43. The second kappa shape index (κ2) is 9.69. The van der Waals surface area contributed by atoms with E-state index in [9.17, 15) is 13.2 Å². The molecule has 12 heteroatoms. The normalized spacial score (nSPS) is 11.4. The van der Waals surface area contributed by atoms with Gasteiger partial charge in [0.1, 0.15) is 0 Å². The molecule has 10 nitrogen and oxygen atoms in total. The Morgan fingerprint density at radius 2 is 1.79 bits per heavy atom. The number of thiazole rings is 1. The van der Waals surface area contributed by atoms with Crippen LogP contribution in [0.3, 0.4) is 0 Å². The summed E-state index contributed by atoms with van der Waals surface area (Å²) in [5, 5.41) is 5.92. The van der Waals surface area contributed by atoms with Crippen LogP contribution in [0.25, 0.3) is 32.6 Å². The minimum Gasteiger partial charge on any atom is -0.338 e. The molecule has 0 saturated carbocycles. The van der Waals surface area contributed by atoms with Gasteiger partial charge in [0.05, 0.1) is 21.7 Å². The molecule has 0 saturated heterocycles. The van der Waals surface area contributed by atoms with Crippen molar-refractivity contribution in [3.05, 3.63) is 48.4 Å². The molecule has 0 aliphatic rings. The topological polar surface area (TPSA) is 139 Å². The molecule has 0 aliphatic heterocycles. The van der Waals surface area contributed by atoms with Gasteiger partial charge in [-0.25, -0.2) is 28.2 Å². The maximum atomic E-state index is 12.0. The maximum absolute atomic E-state index is 12.0. The lowest BCUT2D eigenvalue weighted by molar-refractivity contribution is 0.252. The van der Waals surface area contributed by atoms with Crippen molar-refractivity contribution in [1.29, 1.82) is 0 Å². The van der Waals surface area contributed by atoms with Crippen LogP contribution < -0.4 is 15.4 Å². The Labute approximate surface area is 201 Å². The number of fused-ring (bicyclic) bond motifs is 1. The van der Waals surface area contributed by atoms with E-state index in [1.54, 1.807) is 18.6 Å². The van der Waals surface area contributed by atoms with E-state index in [2.05, 4.69) is 35.3 Å². The van der Waals surface area contributed by atoms with Crippen molar-refractivity contribution >= 4 is 48.7 Å². The van der Waals surface area contributed by atoms with Gasteiger partial charge in [-0.15, -0.1) is 0 Å². The zero-order chi connectivity index (χ0) is 24.3. The molecule has 0 bridgehead atoms. The minimum atomic E-state index is -3.47. The van der Waals surface area contributed by atoms with Crippen molar-refractivity contribution in [2.75, 3.05) is 22.3 Å². The molecular weight excluding hydrogens is 474 g/mol. The first-order chi connectivity index (χ1) is 16.3. The van der Waals surface area contributed by atoms with Crippen LogP contribution >= 0.6 is 11.3 Å². The van der Waals surface area contributed by atoms with Gasteiger partial charge >= 0.3 is 6.03 Å². The maximum Gasteiger partial charge on any atom is 0.321 e. The zero-order valence-electron chi connectivity index (χ0n) is 18.8. The molecule has 0 fully saturated rings. The van der Waals surface area contributed by atoms with Gasteiger partial charge in [-0.3, -0.25) is 15.0 Å². The average molecular weight is 498 g/mol. The number of nitrogens with zero attached hydrogens (tertiary/aromatic N) is 4. The van der Waals surface area contributed by atoms with Crippen LogP contribution in [-0.4, -0.2) is 46.7 Å². The Morgan fingerprint density at radius 3 is 2.44 bits per heavy atom. The molecule has 3 N–H and O–H groups in total. The molecule has 0 spiro atoms. The third-order valence-electron chi connectivity index (χ3n) is 4.85. The van der Waals surface area contributed by atoms with Crippen LogP contribution in [0, 0.1) is 6.92 Å². The highest BCUT2D eigenvalue weighted by atomic mass is 32.2. The summed E-state index contributed by atoms with van der Waals surface area (Å²) in [5.41, 5.74) is 4.80.